The Hall–Kier alpha value is -3.36. The highest BCUT2D eigenvalue weighted by Gasteiger charge is 2.19. The second-order valence-electron chi connectivity index (χ2n) is 4.85. The summed E-state index contributed by atoms with van der Waals surface area (Å²) in [5, 5.41) is 13.2. The molecule has 0 unspecified atom stereocenters. The minimum atomic E-state index is -1.12. The lowest BCUT2D eigenvalue weighted by molar-refractivity contribution is 0.0697. The molecule has 0 aliphatic carbocycles. The Balaban J connectivity index is 1.94. The SMILES string of the molecule is O=C(O)c1cnn(-c2nc3c4c(ccc3c(=O)[nH]2)OCCO4)c1. The molecule has 4 rings (SSSR count). The lowest BCUT2D eigenvalue weighted by Gasteiger charge is -2.19. The van der Waals surface area contributed by atoms with Gasteiger partial charge in [0, 0.05) is 6.20 Å². The maximum atomic E-state index is 12.2. The largest absolute Gasteiger partial charge is 0.486 e. The third-order valence-corrected chi connectivity index (χ3v) is 3.42. The summed E-state index contributed by atoms with van der Waals surface area (Å²) in [5.41, 5.74) is -0.0508. The van der Waals surface area contributed by atoms with Crippen LogP contribution in [-0.4, -0.2) is 44.0 Å². The summed E-state index contributed by atoms with van der Waals surface area (Å²) >= 11 is 0. The standard InChI is InChI=1S/C14H10N4O5/c19-12-8-1-2-9-11(23-4-3-22-9)10(8)16-14(17-12)18-6-7(5-15-18)13(20)21/h1-2,5-6H,3-4H2,(H,20,21)(H,16,17,19). The van der Waals surface area contributed by atoms with Gasteiger partial charge < -0.3 is 14.6 Å². The summed E-state index contributed by atoms with van der Waals surface area (Å²) in [4.78, 5) is 30.1. The van der Waals surface area contributed by atoms with Gasteiger partial charge in [0.2, 0.25) is 5.95 Å². The van der Waals surface area contributed by atoms with E-state index in [2.05, 4.69) is 15.1 Å². The zero-order valence-corrected chi connectivity index (χ0v) is 11.6. The molecule has 116 valence electrons. The van der Waals surface area contributed by atoms with Crippen molar-refractivity contribution in [2.45, 2.75) is 0 Å². The highest BCUT2D eigenvalue weighted by Crippen LogP contribution is 2.35. The first-order valence-electron chi connectivity index (χ1n) is 6.74. The molecule has 0 amide bonds. The van der Waals surface area contributed by atoms with Gasteiger partial charge in [0.25, 0.3) is 5.56 Å². The van der Waals surface area contributed by atoms with Gasteiger partial charge in [-0.05, 0) is 12.1 Å². The van der Waals surface area contributed by atoms with Gasteiger partial charge >= 0.3 is 5.97 Å². The van der Waals surface area contributed by atoms with Crippen molar-refractivity contribution in [3.05, 3.63) is 40.4 Å². The van der Waals surface area contributed by atoms with Crippen LogP contribution in [0.2, 0.25) is 0 Å². The maximum absolute atomic E-state index is 12.2. The van der Waals surface area contributed by atoms with E-state index in [0.717, 1.165) is 0 Å². The quantitative estimate of drug-likeness (QED) is 0.710. The molecular weight excluding hydrogens is 304 g/mol. The average Bonchev–Trinajstić information content (AvgIpc) is 3.05. The van der Waals surface area contributed by atoms with Gasteiger partial charge in [-0.25, -0.2) is 14.5 Å². The molecule has 3 aromatic rings. The van der Waals surface area contributed by atoms with Crippen LogP contribution in [0.15, 0.2) is 29.3 Å². The Morgan fingerprint density at radius 3 is 2.91 bits per heavy atom. The van der Waals surface area contributed by atoms with Crippen molar-refractivity contribution >= 4 is 16.9 Å². The number of nitrogens with one attached hydrogen (secondary N) is 1. The van der Waals surface area contributed by atoms with E-state index in [1.54, 1.807) is 12.1 Å². The van der Waals surface area contributed by atoms with Crippen molar-refractivity contribution in [3.8, 4) is 17.4 Å². The highest BCUT2D eigenvalue weighted by atomic mass is 16.6. The van der Waals surface area contributed by atoms with Gasteiger partial charge in [0.15, 0.2) is 11.5 Å². The topological polar surface area (TPSA) is 119 Å². The molecule has 2 N–H and O–H groups in total. The number of hydrogen-bond acceptors (Lipinski definition) is 6. The van der Waals surface area contributed by atoms with Crippen molar-refractivity contribution < 1.29 is 19.4 Å². The number of rotatable bonds is 2. The first-order chi connectivity index (χ1) is 11.1. The fraction of sp³-hybridized carbons (Fsp3) is 0.143. The zero-order valence-electron chi connectivity index (χ0n) is 11.6. The Morgan fingerprint density at radius 1 is 1.30 bits per heavy atom. The second-order valence-corrected chi connectivity index (χ2v) is 4.85. The van der Waals surface area contributed by atoms with Crippen LogP contribution in [-0.2, 0) is 0 Å². The van der Waals surface area contributed by atoms with Gasteiger partial charge in [0.1, 0.15) is 18.7 Å². The number of nitrogens with zero attached hydrogens (tertiary/aromatic N) is 3. The monoisotopic (exact) mass is 314 g/mol. The number of ether oxygens (including phenoxy) is 2. The molecular formula is C14H10N4O5. The Bertz CT molecular complexity index is 990. The summed E-state index contributed by atoms with van der Waals surface area (Å²) in [5.74, 6) is -0.114. The lowest BCUT2D eigenvalue weighted by atomic mass is 10.2. The van der Waals surface area contributed by atoms with Crippen LogP contribution in [0.1, 0.15) is 10.4 Å². The van der Waals surface area contributed by atoms with Crippen LogP contribution in [0.4, 0.5) is 0 Å². The number of aromatic amines is 1. The van der Waals surface area contributed by atoms with E-state index >= 15 is 0 Å². The highest BCUT2D eigenvalue weighted by molar-refractivity contribution is 5.88. The smallest absolute Gasteiger partial charge is 0.338 e. The molecule has 1 aliphatic heterocycles. The molecule has 2 aromatic heterocycles. The zero-order chi connectivity index (χ0) is 16.0. The number of aromatic nitrogens is 4. The first kappa shape index (κ1) is 13.3. The van der Waals surface area contributed by atoms with Crippen LogP contribution in [0.25, 0.3) is 16.9 Å². The summed E-state index contributed by atoms with van der Waals surface area (Å²) in [6, 6.07) is 3.26. The van der Waals surface area contributed by atoms with Gasteiger partial charge in [-0.3, -0.25) is 9.78 Å². The number of fused-ring (bicyclic) bond motifs is 3. The van der Waals surface area contributed by atoms with E-state index in [1.807, 2.05) is 0 Å². The fourth-order valence-electron chi connectivity index (χ4n) is 2.36. The van der Waals surface area contributed by atoms with Crippen LogP contribution in [0.3, 0.4) is 0 Å². The van der Waals surface area contributed by atoms with Crippen molar-refractivity contribution in [3.63, 3.8) is 0 Å². The fourth-order valence-corrected chi connectivity index (χ4v) is 2.36. The van der Waals surface area contributed by atoms with Gasteiger partial charge in [-0.1, -0.05) is 0 Å². The molecule has 0 spiro atoms. The van der Waals surface area contributed by atoms with Gasteiger partial charge in [0.05, 0.1) is 17.1 Å². The van der Waals surface area contributed by atoms with Crippen LogP contribution >= 0.6 is 0 Å². The Labute approximate surface area is 128 Å². The third kappa shape index (κ3) is 2.09. The van der Waals surface area contributed by atoms with Crippen molar-refractivity contribution in [1.29, 1.82) is 0 Å². The van der Waals surface area contributed by atoms with Crippen molar-refractivity contribution in [1.82, 2.24) is 19.7 Å². The number of carbonyl (C=O) groups is 1. The van der Waals surface area contributed by atoms with Crippen molar-refractivity contribution in [2.75, 3.05) is 13.2 Å². The molecule has 1 aliphatic rings. The molecule has 0 radical (unpaired) electrons. The maximum Gasteiger partial charge on any atom is 0.338 e. The van der Waals surface area contributed by atoms with Crippen LogP contribution in [0.5, 0.6) is 11.5 Å². The molecule has 0 saturated carbocycles. The minimum absolute atomic E-state index is 0.0116. The number of benzene rings is 1. The van der Waals surface area contributed by atoms with Crippen LogP contribution in [0, 0.1) is 0 Å². The Morgan fingerprint density at radius 2 is 2.13 bits per heavy atom. The molecule has 9 nitrogen and oxygen atoms in total. The minimum Gasteiger partial charge on any atom is -0.486 e. The second kappa shape index (κ2) is 4.83. The molecule has 0 bridgehead atoms. The summed E-state index contributed by atoms with van der Waals surface area (Å²) < 4.78 is 12.2. The van der Waals surface area contributed by atoms with Crippen LogP contribution < -0.4 is 15.0 Å². The third-order valence-electron chi connectivity index (χ3n) is 3.42. The number of hydrogen-bond donors (Lipinski definition) is 2. The molecule has 0 atom stereocenters. The van der Waals surface area contributed by atoms with E-state index < -0.39 is 5.97 Å². The molecule has 9 heteroatoms. The molecule has 0 saturated heterocycles. The van der Waals surface area contributed by atoms with E-state index in [-0.39, 0.29) is 17.1 Å². The predicted molar refractivity (Wildman–Crippen MR) is 77.4 cm³/mol. The number of aromatic carboxylic acids is 1. The van der Waals surface area contributed by atoms with Gasteiger partial charge in [-0.2, -0.15) is 5.10 Å². The molecule has 23 heavy (non-hydrogen) atoms. The average molecular weight is 314 g/mol. The number of H-pyrrole nitrogens is 1. The predicted octanol–water partition coefficient (Wildman–Crippen LogP) is 0.578. The normalized spacial score (nSPS) is 13.2. The first-order valence-corrected chi connectivity index (χ1v) is 6.74. The van der Waals surface area contributed by atoms with Gasteiger partial charge in [-0.15, -0.1) is 0 Å². The van der Waals surface area contributed by atoms with Crippen molar-refractivity contribution in [2.24, 2.45) is 0 Å². The van der Waals surface area contributed by atoms with E-state index in [9.17, 15) is 9.59 Å². The summed E-state index contributed by atoms with van der Waals surface area (Å²) in [7, 11) is 0. The van der Waals surface area contributed by atoms with E-state index in [0.29, 0.717) is 35.6 Å². The molecule has 0 fully saturated rings. The molecule has 3 heterocycles. The van der Waals surface area contributed by atoms with E-state index in [1.165, 1.54) is 17.1 Å². The summed E-state index contributed by atoms with van der Waals surface area (Å²) in [6.07, 6.45) is 2.44. The number of carboxylic acids is 1. The molecule has 1 aromatic carbocycles. The Kier molecular flexibility index (Phi) is 2.80. The summed E-state index contributed by atoms with van der Waals surface area (Å²) in [6.45, 7) is 0.788. The lowest BCUT2D eigenvalue weighted by Crippen LogP contribution is -2.18. The van der Waals surface area contributed by atoms with E-state index in [4.69, 9.17) is 14.6 Å². The number of carboxylic acid groups (broad SMARTS) is 1.